The van der Waals surface area contributed by atoms with Gasteiger partial charge in [0.05, 0.1) is 0 Å². The Labute approximate surface area is 76.1 Å². The van der Waals surface area contributed by atoms with Gasteiger partial charge in [0.15, 0.2) is 0 Å². The maximum atomic E-state index is 2.67. The highest BCUT2D eigenvalue weighted by Gasteiger charge is 2.41. The van der Waals surface area contributed by atoms with Crippen LogP contribution >= 0.6 is 0 Å². The molecule has 0 unspecified atom stereocenters. The zero-order valence-electron chi connectivity index (χ0n) is 8.42. The van der Waals surface area contributed by atoms with Gasteiger partial charge in [-0.2, -0.15) is 0 Å². The predicted molar refractivity (Wildman–Crippen MR) is 52.2 cm³/mol. The van der Waals surface area contributed by atoms with E-state index in [2.05, 4.69) is 18.7 Å². The molecule has 0 aliphatic heterocycles. The summed E-state index contributed by atoms with van der Waals surface area (Å²) in [6, 6.07) is 0.957. The van der Waals surface area contributed by atoms with Crippen LogP contribution in [0.5, 0.6) is 0 Å². The first-order chi connectivity index (χ1) is 5.85. The van der Waals surface area contributed by atoms with Crippen molar-refractivity contribution in [2.75, 3.05) is 13.1 Å². The van der Waals surface area contributed by atoms with Crippen molar-refractivity contribution in [3.05, 3.63) is 0 Å². The third-order valence-corrected chi connectivity index (χ3v) is 3.98. The van der Waals surface area contributed by atoms with E-state index in [4.69, 9.17) is 0 Å². The van der Waals surface area contributed by atoms with Crippen molar-refractivity contribution in [2.45, 2.75) is 45.6 Å². The number of hydrogen-bond donors (Lipinski definition) is 0. The Bertz CT molecular complexity index is 151. The van der Waals surface area contributed by atoms with E-state index in [1.807, 2.05) is 0 Å². The quantitative estimate of drug-likeness (QED) is 0.624. The van der Waals surface area contributed by atoms with Crippen molar-refractivity contribution in [3.8, 4) is 0 Å². The minimum Gasteiger partial charge on any atom is -0.301 e. The van der Waals surface area contributed by atoms with Gasteiger partial charge < -0.3 is 4.90 Å². The zero-order chi connectivity index (χ0) is 8.55. The number of hydrogen-bond acceptors (Lipinski definition) is 1. The molecule has 0 heterocycles. The molecule has 1 nitrogen and oxygen atoms in total. The van der Waals surface area contributed by atoms with Crippen molar-refractivity contribution >= 4 is 0 Å². The average molecular weight is 167 g/mol. The average Bonchev–Trinajstić information content (AvgIpc) is 2.67. The summed E-state index contributed by atoms with van der Waals surface area (Å²) in [6.45, 7) is 7.11. The second kappa shape index (κ2) is 3.37. The number of rotatable bonds is 3. The second-order valence-electron chi connectivity index (χ2n) is 4.46. The summed E-state index contributed by atoms with van der Waals surface area (Å²) >= 11 is 0. The van der Waals surface area contributed by atoms with E-state index in [-0.39, 0.29) is 0 Å². The van der Waals surface area contributed by atoms with E-state index in [1.165, 1.54) is 32.4 Å². The van der Waals surface area contributed by atoms with E-state index in [1.54, 1.807) is 6.42 Å². The normalized spacial score (nSPS) is 39.8. The van der Waals surface area contributed by atoms with Crippen LogP contribution < -0.4 is 0 Å². The highest BCUT2D eigenvalue weighted by molar-refractivity contribution is 4.94. The fourth-order valence-corrected chi connectivity index (χ4v) is 3.35. The van der Waals surface area contributed by atoms with E-state index >= 15 is 0 Å². The molecule has 2 aliphatic carbocycles. The highest BCUT2D eigenvalue weighted by Crippen LogP contribution is 2.46. The van der Waals surface area contributed by atoms with Gasteiger partial charge in [-0.1, -0.05) is 20.3 Å². The van der Waals surface area contributed by atoms with E-state index in [9.17, 15) is 0 Å². The zero-order valence-corrected chi connectivity index (χ0v) is 8.42. The van der Waals surface area contributed by atoms with Crippen LogP contribution in [-0.4, -0.2) is 24.0 Å². The largest absolute Gasteiger partial charge is 0.301 e. The SMILES string of the molecule is CCN(CC)[C@H]1C[C@@H]2CC[C@@H]1C2. The van der Waals surface area contributed by atoms with Crippen molar-refractivity contribution < 1.29 is 0 Å². The topological polar surface area (TPSA) is 3.24 Å². The van der Waals surface area contributed by atoms with Crippen LogP contribution in [0.2, 0.25) is 0 Å². The van der Waals surface area contributed by atoms with Gasteiger partial charge in [-0.3, -0.25) is 0 Å². The van der Waals surface area contributed by atoms with Crippen LogP contribution in [0.1, 0.15) is 39.5 Å². The maximum absolute atomic E-state index is 2.67. The molecule has 0 saturated heterocycles. The van der Waals surface area contributed by atoms with Crippen LogP contribution in [0.15, 0.2) is 0 Å². The maximum Gasteiger partial charge on any atom is 0.0126 e. The Hall–Kier alpha value is -0.0400. The molecule has 70 valence electrons. The lowest BCUT2D eigenvalue weighted by Crippen LogP contribution is -2.38. The Kier molecular flexibility index (Phi) is 2.40. The molecule has 0 aromatic rings. The molecular formula is C11H21N. The number of fused-ring (bicyclic) bond motifs is 2. The molecular weight excluding hydrogens is 146 g/mol. The number of nitrogens with zero attached hydrogens (tertiary/aromatic N) is 1. The van der Waals surface area contributed by atoms with Gasteiger partial charge in [0.25, 0.3) is 0 Å². The van der Waals surface area contributed by atoms with Crippen LogP contribution in [0.25, 0.3) is 0 Å². The molecule has 0 N–H and O–H groups in total. The molecule has 1 heteroatoms. The summed E-state index contributed by atoms with van der Waals surface area (Å²) < 4.78 is 0. The monoisotopic (exact) mass is 167 g/mol. The van der Waals surface area contributed by atoms with Crippen LogP contribution in [0, 0.1) is 11.8 Å². The smallest absolute Gasteiger partial charge is 0.0126 e. The molecule has 3 atom stereocenters. The molecule has 2 fully saturated rings. The first-order valence-corrected chi connectivity index (χ1v) is 5.59. The van der Waals surface area contributed by atoms with E-state index in [0.717, 1.165) is 17.9 Å². The molecule has 0 aromatic carbocycles. The summed E-state index contributed by atoms with van der Waals surface area (Å²) in [7, 11) is 0. The Balaban J connectivity index is 1.96. The van der Waals surface area contributed by atoms with Crippen LogP contribution in [0.3, 0.4) is 0 Å². The fourth-order valence-electron chi connectivity index (χ4n) is 3.35. The van der Waals surface area contributed by atoms with E-state index < -0.39 is 0 Å². The Morgan fingerprint density at radius 2 is 1.83 bits per heavy atom. The van der Waals surface area contributed by atoms with Gasteiger partial charge in [-0.05, 0) is 44.2 Å². The van der Waals surface area contributed by atoms with Gasteiger partial charge in [0.2, 0.25) is 0 Å². The van der Waals surface area contributed by atoms with Gasteiger partial charge in [-0.25, -0.2) is 0 Å². The highest BCUT2D eigenvalue weighted by atomic mass is 15.2. The van der Waals surface area contributed by atoms with Crippen molar-refractivity contribution in [2.24, 2.45) is 11.8 Å². The fraction of sp³-hybridized carbons (Fsp3) is 1.00. The Morgan fingerprint density at radius 3 is 2.25 bits per heavy atom. The summed E-state index contributed by atoms with van der Waals surface area (Å²) in [5.41, 5.74) is 0. The standard InChI is InChI=1S/C11H21N/c1-3-12(4-2)11-8-9-5-6-10(11)7-9/h9-11H,3-8H2,1-2H3/t9-,10-,11+/m1/s1. The molecule has 0 aromatic heterocycles. The van der Waals surface area contributed by atoms with Crippen molar-refractivity contribution in [3.63, 3.8) is 0 Å². The van der Waals surface area contributed by atoms with Gasteiger partial charge >= 0.3 is 0 Å². The van der Waals surface area contributed by atoms with Gasteiger partial charge in [-0.15, -0.1) is 0 Å². The third-order valence-electron chi connectivity index (χ3n) is 3.98. The third kappa shape index (κ3) is 1.28. The Morgan fingerprint density at radius 1 is 1.08 bits per heavy atom. The van der Waals surface area contributed by atoms with Gasteiger partial charge in [0.1, 0.15) is 0 Å². The summed E-state index contributed by atoms with van der Waals surface area (Å²) in [5.74, 6) is 2.16. The molecule has 2 saturated carbocycles. The predicted octanol–water partition coefficient (Wildman–Crippen LogP) is 2.52. The molecule has 2 bridgehead atoms. The molecule has 2 rings (SSSR count). The molecule has 12 heavy (non-hydrogen) atoms. The minimum absolute atomic E-state index is 0.957. The summed E-state index contributed by atoms with van der Waals surface area (Å²) in [4.78, 5) is 2.67. The summed E-state index contributed by atoms with van der Waals surface area (Å²) in [5, 5.41) is 0. The molecule has 0 radical (unpaired) electrons. The lowest BCUT2D eigenvalue weighted by atomic mass is 9.94. The molecule has 0 spiro atoms. The summed E-state index contributed by atoms with van der Waals surface area (Å²) in [6.07, 6.45) is 6.10. The molecule has 2 aliphatic rings. The second-order valence-corrected chi connectivity index (χ2v) is 4.46. The first-order valence-electron chi connectivity index (χ1n) is 5.59. The molecule has 0 amide bonds. The minimum atomic E-state index is 0.957. The first kappa shape index (κ1) is 8.55. The van der Waals surface area contributed by atoms with Crippen LogP contribution in [-0.2, 0) is 0 Å². The lowest BCUT2D eigenvalue weighted by Gasteiger charge is -2.32. The van der Waals surface area contributed by atoms with E-state index in [0.29, 0.717) is 0 Å². The van der Waals surface area contributed by atoms with Crippen molar-refractivity contribution in [1.29, 1.82) is 0 Å². The van der Waals surface area contributed by atoms with Crippen molar-refractivity contribution in [1.82, 2.24) is 4.90 Å². The van der Waals surface area contributed by atoms with Crippen LogP contribution in [0.4, 0.5) is 0 Å². The van der Waals surface area contributed by atoms with Gasteiger partial charge in [0, 0.05) is 6.04 Å². The lowest BCUT2D eigenvalue weighted by molar-refractivity contribution is 0.157.